The van der Waals surface area contributed by atoms with Crippen molar-refractivity contribution in [2.45, 2.75) is 0 Å². The van der Waals surface area contributed by atoms with E-state index in [9.17, 15) is 4.79 Å². The number of carbonyl (C=O) groups excluding carboxylic acids is 1. The lowest BCUT2D eigenvalue weighted by Crippen LogP contribution is -2.51. The summed E-state index contributed by atoms with van der Waals surface area (Å²) in [6.07, 6.45) is 1.54. The first-order valence-electron chi connectivity index (χ1n) is 8.46. The number of halogens is 2. The Balaban J connectivity index is 0.00000261. The molecule has 1 aliphatic rings. The molecule has 1 amide bonds. The van der Waals surface area contributed by atoms with E-state index in [-0.39, 0.29) is 29.9 Å². The van der Waals surface area contributed by atoms with Gasteiger partial charge in [0.05, 0.1) is 6.54 Å². The van der Waals surface area contributed by atoms with E-state index in [1.54, 1.807) is 6.07 Å². The lowest BCUT2D eigenvalue weighted by molar-refractivity contribution is 0.0950. The monoisotopic (exact) mass is 503 g/mol. The van der Waals surface area contributed by atoms with Gasteiger partial charge in [-0.15, -0.1) is 24.0 Å². The summed E-state index contributed by atoms with van der Waals surface area (Å²) in [5.74, 6) is 0.310. The first-order chi connectivity index (χ1) is 12.6. The van der Waals surface area contributed by atoms with Crippen molar-refractivity contribution in [2.75, 3.05) is 44.2 Å². The Hall–Kier alpha value is -2.01. The molecule has 0 bridgehead atoms. The summed E-state index contributed by atoms with van der Waals surface area (Å²) in [4.78, 5) is 20.5. The number of nitrogens with one attached hydrogen (secondary N) is 2. The fourth-order valence-corrected chi connectivity index (χ4v) is 2.89. The second kappa shape index (κ2) is 10.4. The van der Waals surface area contributed by atoms with E-state index in [4.69, 9.17) is 17.3 Å². The standard InChI is InChI=1S/C17H22ClN7O.HI/c18-13-1-3-14(4-2-13)24-9-11-25(12-10-24)17(19)21-8-7-20-16(26)15-5-6-22-23-15;/h1-6H,7-12H2,(H2,19,21)(H,20,26)(H,22,23);1H. The Kier molecular flexibility index (Phi) is 8.17. The predicted octanol–water partition coefficient (Wildman–Crippen LogP) is 1.55. The maximum atomic E-state index is 11.8. The van der Waals surface area contributed by atoms with Gasteiger partial charge in [-0.05, 0) is 30.3 Å². The Labute approximate surface area is 180 Å². The van der Waals surface area contributed by atoms with Gasteiger partial charge in [-0.25, -0.2) is 0 Å². The molecule has 4 N–H and O–H groups in total. The van der Waals surface area contributed by atoms with Crippen molar-refractivity contribution in [3.63, 3.8) is 0 Å². The minimum Gasteiger partial charge on any atom is -0.370 e. The van der Waals surface area contributed by atoms with Crippen LogP contribution in [0.15, 0.2) is 41.5 Å². The van der Waals surface area contributed by atoms with Crippen LogP contribution in [-0.4, -0.2) is 66.2 Å². The van der Waals surface area contributed by atoms with Crippen LogP contribution in [0.25, 0.3) is 0 Å². The summed E-state index contributed by atoms with van der Waals surface area (Å²) in [5, 5.41) is 9.86. The quantitative estimate of drug-likeness (QED) is 0.249. The SMILES string of the molecule is I.NC(=NCCNC(=O)c1ccn[nH]1)N1CCN(c2ccc(Cl)cc2)CC1. The van der Waals surface area contributed by atoms with Gasteiger partial charge >= 0.3 is 0 Å². The molecule has 8 nitrogen and oxygen atoms in total. The average molecular weight is 504 g/mol. The maximum absolute atomic E-state index is 11.8. The minimum atomic E-state index is -0.201. The second-order valence-corrected chi connectivity index (χ2v) is 6.35. The van der Waals surface area contributed by atoms with Crippen LogP contribution in [0.4, 0.5) is 5.69 Å². The number of aromatic amines is 1. The van der Waals surface area contributed by atoms with Crippen LogP contribution < -0.4 is 16.0 Å². The molecule has 0 unspecified atom stereocenters. The molecule has 3 rings (SSSR count). The second-order valence-electron chi connectivity index (χ2n) is 5.92. The van der Waals surface area contributed by atoms with Crippen molar-refractivity contribution in [2.24, 2.45) is 10.7 Å². The van der Waals surface area contributed by atoms with Crippen LogP contribution in [0, 0.1) is 0 Å². The topological polar surface area (TPSA) is 103 Å². The number of piperazine rings is 1. The molecule has 0 spiro atoms. The van der Waals surface area contributed by atoms with Crippen LogP contribution >= 0.6 is 35.6 Å². The molecule has 0 aliphatic carbocycles. The number of amides is 1. The van der Waals surface area contributed by atoms with Crippen LogP contribution in [0.1, 0.15) is 10.5 Å². The Bertz CT molecular complexity index is 743. The van der Waals surface area contributed by atoms with E-state index in [0.717, 1.165) is 36.9 Å². The molecule has 1 aromatic heterocycles. The van der Waals surface area contributed by atoms with Gasteiger partial charge in [-0.1, -0.05) is 11.6 Å². The molecule has 1 aliphatic heterocycles. The van der Waals surface area contributed by atoms with Crippen molar-refractivity contribution < 1.29 is 4.79 Å². The van der Waals surface area contributed by atoms with Crippen molar-refractivity contribution in [1.29, 1.82) is 0 Å². The zero-order valence-electron chi connectivity index (χ0n) is 14.8. The molecule has 1 saturated heterocycles. The Morgan fingerprint density at radius 1 is 1.22 bits per heavy atom. The van der Waals surface area contributed by atoms with Gasteiger partial charge in [0.15, 0.2) is 5.96 Å². The number of hydrogen-bond acceptors (Lipinski definition) is 4. The normalized spacial score (nSPS) is 14.6. The fourth-order valence-electron chi connectivity index (χ4n) is 2.76. The van der Waals surface area contributed by atoms with E-state index in [0.29, 0.717) is 24.7 Å². The van der Waals surface area contributed by atoms with Gasteiger partial charge in [0.1, 0.15) is 5.69 Å². The van der Waals surface area contributed by atoms with Crippen LogP contribution in [-0.2, 0) is 0 Å². The van der Waals surface area contributed by atoms with E-state index in [2.05, 4.69) is 30.3 Å². The lowest BCUT2D eigenvalue weighted by atomic mass is 10.2. The van der Waals surface area contributed by atoms with Crippen LogP contribution in [0.5, 0.6) is 0 Å². The number of nitrogens with zero attached hydrogens (tertiary/aromatic N) is 4. The van der Waals surface area contributed by atoms with E-state index < -0.39 is 0 Å². The van der Waals surface area contributed by atoms with Crippen molar-refractivity contribution in [1.82, 2.24) is 20.4 Å². The molecular weight excluding hydrogens is 481 g/mol. The third-order valence-corrected chi connectivity index (χ3v) is 4.46. The molecule has 27 heavy (non-hydrogen) atoms. The third kappa shape index (κ3) is 5.99. The summed E-state index contributed by atoms with van der Waals surface area (Å²) < 4.78 is 0. The molecular formula is C17H23ClIN7O. The molecule has 2 heterocycles. The number of H-pyrrole nitrogens is 1. The smallest absolute Gasteiger partial charge is 0.269 e. The first kappa shape index (κ1) is 21.3. The number of rotatable bonds is 5. The molecule has 0 radical (unpaired) electrons. The zero-order chi connectivity index (χ0) is 18.4. The summed E-state index contributed by atoms with van der Waals surface area (Å²) in [7, 11) is 0. The number of guanidine groups is 1. The molecule has 2 aromatic rings. The first-order valence-corrected chi connectivity index (χ1v) is 8.84. The molecule has 10 heteroatoms. The third-order valence-electron chi connectivity index (χ3n) is 4.21. The number of carbonyl (C=O) groups is 1. The summed E-state index contributed by atoms with van der Waals surface area (Å²) in [6, 6.07) is 9.47. The van der Waals surface area contributed by atoms with Crippen LogP contribution in [0.3, 0.4) is 0 Å². The zero-order valence-corrected chi connectivity index (χ0v) is 17.9. The van der Waals surface area contributed by atoms with E-state index in [1.165, 1.54) is 6.20 Å². The average Bonchev–Trinajstić information content (AvgIpc) is 3.20. The Morgan fingerprint density at radius 2 is 1.93 bits per heavy atom. The minimum absolute atomic E-state index is 0. The predicted molar refractivity (Wildman–Crippen MR) is 118 cm³/mol. The van der Waals surface area contributed by atoms with Gasteiger partial charge in [0.2, 0.25) is 0 Å². The largest absolute Gasteiger partial charge is 0.370 e. The van der Waals surface area contributed by atoms with Crippen molar-refractivity contribution in [3.8, 4) is 0 Å². The molecule has 1 fully saturated rings. The number of aromatic nitrogens is 2. The summed E-state index contributed by atoms with van der Waals surface area (Å²) in [6.45, 7) is 4.20. The van der Waals surface area contributed by atoms with Gasteiger partial charge in [0, 0.05) is 49.6 Å². The lowest BCUT2D eigenvalue weighted by Gasteiger charge is -2.36. The Morgan fingerprint density at radius 3 is 2.56 bits per heavy atom. The summed E-state index contributed by atoms with van der Waals surface area (Å²) in [5.41, 5.74) is 7.66. The highest BCUT2D eigenvalue weighted by atomic mass is 127. The number of hydrogen-bond donors (Lipinski definition) is 3. The van der Waals surface area contributed by atoms with Gasteiger partial charge in [-0.2, -0.15) is 5.10 Å². The van der Waals surface area contributed by atoms with Gasteiger partial charge in [-0.3, -0.25) is 14.9 Å². The summed E-state index contributed by atoms with van der Waals surface area (Å²) >= 11 is 5.93. The van der Waals surface area contributed by atoms with E-state index >= 15 is 0 Å². The highest BCUT2D eigenvalue weighted by Gasteiger charge is 2.18. The van der Waals surface area contributed by atoms with E-state index in [1.807, 2.05) is 24.3 Å². The number of benzene rings is 1. The number of nitrogens with two attached hydrogens (primary N) is 1. The maximum Gasteiger partial charge on any atom is 0.269 e. The van der Waals surface area contributed by atoms with Gasteiger partial charge in [0.25, 0.3) is 5.91 Å². The van der Waals surface area contributed by atoms with Crippen LogP contribution in [0.2, 0.25) is 5.02 Å². The fraction of sp³-hybridized carbons (Fsp3) is 0.353. The highest BCUT2D eigenvalue weighted by molar-refractivity contribution is 14.0. The van der Waals surface area contributed by atoms with Crippen molar-refractivity contribution >= 4 is 53.1 Å². The number of aliphatic imine (C=N–C) groups is 1. The molecule has 0 atom stereocenters. The number of anilines is 1. The van der Waals surface area contributed by atoms with Crippen molar-refractivity contribution in [3.05, 3.63) is 47.2 Å². The molecule has 146 valence electrons. The van der Waals surface area contributed by atoms with Gasteiger partial charge < -0.3 is 20.9 Å². The molecule has 1 aromatic carbocycles. The molecule has 0 saturated carbocycles. The highest BCUT2D eigenvalue weighted by Crippen LogP contribution is 2.19.